The zero-order valence-electron chi connectivity index (χ0n) is 14.9. The van der Waals surface area contributed by atoms with Crippen LogP contribution in [0.3, 0.4) is 0 Å². The summed E-state index contributed by atoms with van der Waals surface area (Å²) in [5.41, 5.74) is 2.06. The minimum atomic E-state index is -0.262. The molecule has 0 saturated heterocycles. The molecule has 0 aliphatic rings. The summed E-state index contributed by atoms with van der Waals surface area (Å²) in [4.78, 5) is 14.3. The predicted octanol–water partition coefficient (Wildman–Crippen LogP) is 3.87. The lowest BCUT2D eigenvalue weighted by molar-refractivity contribution is -0.120. The molecule has 0 unspecified atom stereocenters. The van der Waals surface area contributed by atoms with Crippen molar-refractivity contribution in [3.63, 3.8) is 0 Å². The van der Waals surface area contributed by atoms with Gasteiger partial charge < -0.3 is 10.2 Å². The van der Waals surface area contributed by atoms with E-state index in [9.17, 15) is 9.18 Å². The van der Waals surface area contributed by atoms with Gasteiger partial charge in [0.15, 0.2) is 0 Å². The van der Waals surface area contributed by atoms with Crippen LogP contribution in [0.1, 0.15) is 24.1 Å². The molecule has 25 heavy (non-hydrogen) atoms. The van der Waals surface area contributed by atoms with Gasteiger partial charge in [-0.2, -0.15) is 0 Å². The van der Waals surface area contributed by atoms with E-state index in [0.29, 0.717) is 6.54 Å². The minimum Gasteiger partial charge on any atom is -0.353 e. The van der Waals surface area contributed by atoms with E-state index >= 15 is 0 Å². The Morgan fingerprint density at radius 1 is 1.16 bits per heavy atom. The van der Waals surface area contributed by atoms with Crippen molar-refractivity contribution in [1.29, 1.82) is 0 Å². The Morgan fingerprint density at radius 3 is 2.52 bits per heavy atom. The van der Waals surface area contributed by atoms with Crippen LogP contribution in [-0.4, -0.2) is 36.7 Å². The second-order valence-corrected chi connectivity index (χ2v) is 7.55. The summed E-state index contributed by atoms with van der Waals surface area (Å²) in [5.74, 6) is 0.544. The predicted molar refractivity (Wildman–Crippen MR) is 103 cm³/mol. The Morgan fingerprint density at radius 2 is 1.88 bits per heavy atom. The van der Waals surface area contributed by atoms with Crippen LogP contribution in [0.5, 0.6) is 0 Å². The lowest BCUT2D eigenvalue weighted by Crippen LogP contribution is -2.38. The highest BCUT2D eigenvalue weighted by Gasteiger charge is 2.18. The molecule has 0 aliphatic heterocycles. The molecular formula is C20H25FN2OS. The van der Waals surface area contributed by atoms with Crippen LogP contribution in [0.15, 0.2) is 54.6 Å². The van der Waals surface area contributed by atoms with Gasteiger partial charge in [0.25, 0.3) is 0 Å². The molecule has 3 nitrogen and oxygen atoms in total. The van der Waals surface area contributed by atoms with E-state index in [4.69, 9.17) is 0 Å². The van der Waals surface area contributed by atoms with Gasteiger partial charge in [-0.1, -0.05) is 42.5 Å². The van der Waals surface area contributed by atoms with Crippen molar-refractivity contribution >= 4 is 17.7 Å². The van der Waals surface area contributed by atoms with E-state index < -0.39 is 0 Å². The highest BCUT2D eigenvalue weighted by atomic mass is 32.2. The van der Waals surface area contributed by atoms with E-state index in [1.807, 2.05) is 50.2 Å². The summed E-state index contributed by atoms with van der Waals surface area (Å²) in [7, 11) is 3.85. The Balaban J connectivity index is 1.87. The molecule has 1 amide bonds. The summed E-state index contributed by atoms with van der Waals surface area (Å²) in [5, 5.41) is 2.85. The molecule has 134 valence electrons. The normalized spacial score (nSPS) is 13.5. The first-order chi connectivity index (χ1) is 12.0. The van der Waals surface area contributed by atoms with Crippen molar-refractivity contribution in [1.82, 2.24) is 10.2 Å². The molecule has 2 aromatic rings. The monoisotopic (exact) mass is 360 g/mol. The number of benzene rings is 2. The number of likely N-dealkylation sites (N-methyl/N-ethyl adjacent to an activating group) is 1. The van der Waals surface area contributed by atoms with Crippen LogP contribution in [0, 0.1) is 5.82 Å². The number of nitrogens with one attached hydrogen (secondary N) is 1. The molecule has 0 radical (unpaired) electrons. The van der Waals surface area contributed by atoms with E-state index in [2.05, 4.69) is 17.4 Å². The van der Waals surface area contributed by atoms with Crippen LogP contribution in [-0.2, 0) is 10.5 Å². The third-order valence-electron chi connectivity index (χ3n) is 4.04. The van der Waals surface area contributed by atoms with Gasteiger partial charge in [0.05, 0.1) is 11.3 Å². The van der Waals surface area contributed by atoms with Crippen molar-refractivity contribution in [3.8, 4) is 0 Å². The maximum absolute atomic E-state index is 13.5. The minimum absolute atomic E-state index is 0.00387. The molecule has 5 heteroatoms. The fourth-order valence-corrected chi connectivity index (χ4v) is 3.39. The first-order valence-corrected chi connectivity index (χ1v) is 9.37. The number of rotatable bonds is 8. The number of halogens is 1. The van der Waals surface area contributed by atoms with Crippen molar-refractivity contribution in [2.24, 2.45) is 0 Å². The first kappa shape index (κ1) is 19.5. The molecule has 0 bridgehead atoms. The quantitative estimate of drug-likeness (QED) is 0.776. The molecule has 0 fully saturated rings. The number of nitrogens with zero attached hydrogens (tertiary/aromatic N) is 1. The lowest BCUT2D eigenvalue weighted by Gasteiger charge is -2.25. The SMILES string of the molecule is C[C@@H](SCc1ccccc1)C(=O)NC[C@H](c1cccc(F)c1)N(C)C. The first-order valence-electron chi connectivity index (χ1n) is 8.32. The fourth-order valence-electron chi connectivity index (χ4n) is 2.52. The maximum Gasteiger partial charge on any atom is 0.232 e. The summed E-state index contributed by atoms with van der Waals surface area (Å²) in [6.07, 6.45) is 0. The third kappa shape index (κ3) is 6.18. The molecule has 2 aromatic carbocycles. The number of hydrogen-bond acceptors (Lipinski definition) is 3. The van der Waals surface area contributed by atoms with Gasteiger partial charge >= 0.3 is 0 Å². The average molecular weight is 360 g/mol. The highest BCUT2D eigenvalue weighted by molar-refractivity contribution is 7.99. The lowest BCUT2D eigenvalue weighted by atomic mass is 10.1. The van der Waals surface area contributed by atoms with Crippen molar-refractivity contribution in [3.05, 3.63) is 71.5 Å². The zero-order valence-corrected chi connectivity index (χ0v) is 15.7. The van der Waals surface area contributed by atoms with Gasteiger partial charge in [0.2, 0.25) is 5.91 Å². The van der Waals surface area contributed by atoms with Gasteiger partial charge in [-0.3, -0.25) is 4.79 Å². The fraction of sp³-hybridized carbons (Fsp3) is 0.350. The second-order valence-electron chi connectivity index (χ2n) is 6.22. The molecule has 0 aromatic heterocycles. The Hall–Kier alpha value is -1.85. The largest absolute Gasteiger partial charge is 0.353 e. The highest BCUT2D eigenvalue weighted by Crippen LogP contribution is 2.20. The summed E-state index contributed by atoms with van der Waals surface area (Å²) < 4.78 is 13.5. The standard InChI is InChI=1S/C20H25FN2OS/c1-15(25-14-16-8-5-4-6-9-16)20(24)22-13-19(23(2)3)17-10-7-11-18(21)12-17/h4-12,15,19H,13-14H2,1-3H3,(H,22,24)/t15-,19-/m1/s1. The zero-order chi connectivity index (χ0) is 18.2. The molecule has 1 N–H and O–H groups in total. The topological polar surface area (TPSA) is 32.3 Å². The second kappa shape index (κ2) is 9.59. The summed E-state index contributed by atoms with van der Waals surface area (Å²) in [6.45, 7) is 2.36. The summed E-state index contributed by atoms with van der Waals surface area (Å²) >= 11 is 1.61. The number of hydrogen-bond donors (Lipinski definition) is 1. The van der Waals surface area contributed by atoms with E-state index in [0.717, 1.165) is 11.3 Å². The van der Waals surface area contributed by atoms with E-state index in [-0.39, 0.29) is 23.0 Å². The van der Waals surface area contributed by atoms with Gasteiger partial charge in [0.1, 0.15) is 5.82 Å². The smallest absolute Gasteiger partial charge is 0.232 e. The Labute approximate surface area is 153 Å². The number of amides is 1. The maximum atomic E-state index is 13.5. The van der Waals surface area contributed by atoms with Crippen LogP contribution < -0.4 is 5.32 Å². The van der Waals surface area contributed by atoms with Crippen molar-refractivity contribution < 1.29 is 9.18 Å². The molecule has 0 aliphatic carbocycles. The van der Waals surface area contributed by atoms with Gasteiger partial charge in [-0.15, -0.1) is 11.8 Å². The molecular weight excluding hydrogens is 335 g/mol. The van der Waals surface area contributed by atoms with Crippen molar-refractivity contribution in [2.45, 2.75) is 24.0 Å². The van der Waals surface area contributed by atoms with Gasteiger partial charge in [-0.05, 0) is 44.3 Å². The van der Waals surface area contributed by atoms with Crippen LogP contribution in [0.25, 0.3) is 0 Å². The number of carbonyl (C=O) groups is 1. The average Bonchev–Trinajstić information content (AvgIpc) is 2.60. The van der Waals surface area contributed by atoms with Crippen LogP contribution in [0.2, 0.25) is 0 Å². The van der Waals surface area contributed by atoms with Gasteiger partial charge in [0, 0.05) is 12.3 Å². The van der Waals surface area contributed by atoms with Gasteiger partial charge in [-0.25, -0.2) is 4.39 Å². The third-order valence-corrected chi connectivity index (χ3v) is 5.25. The Bertz CT molecular complexity index is 678. The molecule has 2 rings (SSSR count). The molecule has 0 saturated carbocycles. The molecule has 2 atom stereocenters. The van der Waals surface area contributed by atoms with E-state index in [1.165, 1.54) is 17.7 Å². The van der Waals surface area contributed by atoms with E-state index in [1.54, 1.807) is 17.8 Å². The molecule has 0 heterocycles. The number of thioether (sulfide) groups is 1. The molecule has 0 spiro atoms. The Kier molecular flexibility index (Phi) is 7.47. The number of carbonyl (C=O) groups excluding carboxylic acids is 1. The van der Waals surface area contributed by atoms with Crippen LogP contribution in [0.4, 0.5) is 4.39 Å². The van der Waals surface area contributed by atoms with Crippen LogP contribution >= 0.6 is 11.8 Å². The summed E-state index contributed by atoms with van der Waals surface area (Å²) in [6, 6.07) is 16.6. The van der Waals surface area contributed by atoms with Crippen molar-refractivity contribution in [2.75, 3.05) is 20.6 Å².